The average Bonchev–Trinajstić information content (AvgIpc) is 2.64. The lowest BCUT2D eigenvalue weighted by atomic mass is 9.90. The Morgan fingerprint density at radius 1 is 1.29 bits per heavy atom. The van der Waals surface area contributed by atoms with Crippen LogP contribution in [0.3, 0.4) is 0 Å². The Bertz CT molecular complexity index is 306. The number of benzene rings is 1. The lowest BCUT2D eigenvalue weighted by Crippen LogP contribution is -2.12. The molecule has 1 fully saturated rings. The Labute approximate surface area is 85.8 Å². The van der Waals surface area contributed by atoms with Gasteiger partial charge in [-0.1, -0.05) is 37.6 Å². The van der Waals surface area contributed by atoms with Gasteiger partial charge in [-0.3, -0.25) is 0 Å². The molecule has 0 heterocycles. The maximum absolute atomic E-state index is 9.86. The van der Waals surface area contributed by atoms with Crippen LogP contribution in [-0.2, 0) is 6.42 Å². The SMILES string of the molecule is CCc1ccccc1C1CCC[C@H]1O. The first-order valence-corrected chi connectivity index (χ1v) is 5.58. The van der Waals surface area contributed by atoms with Crippen molar-refractivity contribution in [3.63, 3.8) is 0 Å². The molecule has 2 atom stereocenters. The molecule has 1 nitrogen and oxygen atoms in total. The zero-order chi connectivity index (χ0) is 9.97. The second-order valence-corrected chi connectivity index (χ2v) is 4.16. The van der Waals surface area contributed by atoms with Crippen molar-refractivity contribution in [3.8, 4) is 0 Å². The lowest BCUT2D eigenvalue weighted by Gasteiger charge is -2.18. The van der Waals surface area contributed by atoms with E-state index in [2.05, 4.69) is 31.2 Å². The number of aliphatic hydroxyl groups excluding tert-OH is 1. The quantitative estimate of drug-likeness (QED) is 0.760. The highest BCUT2D eigenvalue weighted by molar-refractivity contribution is 5.31. The van der Waals surface area contributed by atoms with E-state index in [4.69, 9.17) is 0 Å². The predicted octanol–water partition coefficient (Wildman–Crippen LogP) is 2.88. The predicted molar refractivity (Wildman–Crippen MR) is 58.4 cm³/mol. The topological polar surface area (TPSA) is 20.2 Å². The minimum Gasteiger partial charge on any atom is -0.392 e. The molecule has 1 N–H and O–H groups in total. The van der Waals surface area contributed by atoms with Crippen molar-refractivity contribution < 1.29 is 5.11 Å². The highest BCUT2D eigenvalue weighted by Crippen LogP contribution is 2.36. The smallest absolute Gasteiger partial charge is 0.0608 e. The van der Waals surface area contributed by atoms with Crippen LogP contribution in [-0.4, -0.2) is 11.2 Å². The average molecular weight is 190 g/mol. The summed E-state index contributed by atoms with van der Waals surface area (Å²) >= 11 is 0. The second-order valence-electron chi connectivity index (χ2n) is 4.16. The molecule has 1 aromatic rings. The Morgan fingerprint density at radius 3 is 2.71 bits per heavy atom. The monoisotopic (exact) mass is 190 g/mol. The summed E-state index contributed by atoms with van der Waals surface area (Å²) in [5.41, 5.74) is 2.78. The third kappa shape index (κ3) is 1.69. The van der Waals surface area contributed by atoms with Crippen LogP contribution in [0.2, 0.25) is 0 Å². The molecule has 1 aliphatic rings. The molecule has 14 heavy (non-hydrogen) atoms. The molecule has 76 valence electrons. The molecule has 1 heteroatoms. The van der Waals surface area contributed by atoms with Crippen LogP contribution in [0.1, 0.15) is 43.2 Å². The molecule has 0 aromatic heterocycles. The molecule has 0 bridgehead atoms. The number of hydrogen-bond acceptors (Lipinski definition) is 1. The standard InChI is InChI=1S/C13H18O/c1-2-10-6-3-4-7-11(10)12-8-5-9-13(12)14/h3-4,6-7,12-14H,2,5,8-9H2,1H3/t12?,13-/m1/s1. The summed E-state index contributed by atoms with van der Waals surface area (Å²) in [5, 5.41) is 9.86. The molecule has 1 aliphatic carbocycles. The van der Waals surface area contributed by atoms with Crippen LogP contribution in [0.25, 0.3) is 0 Å². The number of hydrogen-bond donors (Lipinski definition) is 1. The van der Waals surface area contributed by atoms with Crippen molar-refractivity contribution in [1.29, 1.82) is 0 Å². The first-order chi connectivity index (χ1) is 6.83. The van der Waals surface area contributed by atoms with Crippen LogP contribution in [0.5, 0.6) is 0 Å². The minimum atomic E-state index is -0.109. The molecule has 0 spiro atoms. The largest absolute Gasteiger partial charge is 0.392 e. The van der Waals surface area contributed by atoms with Gasteiger partial charge >= 0.3 is 0 Å². The van der Waals surface area contributed by atoms with Gasteiger partial charge in [-0.25, -0.2) is 0 Å². The van der Waals surface area contributed by atoms with E-state index in [9.17, 15) is 5.11 Å². The van der Waals surface area contributed by atoms with Crippen molar-refractivity contribution >= 4 is 0 Å². The van der Waals surface area contributed by atoms with Gasteiger partial charge in [-0.05, 0) is 30.4 Å². The van der Waals surface area contributed by atoms with Gasteiger partial charge in [-0.15, -0.1) is 0 Å². The Morgan fingerprint density at radius 2 is 2.07 bits per heavy atom. The Kier molecular flexibility index (Phi) is 2.87. The van der Waals surface area contributed by atoms with E-state index in [0.29, 0.717) is 5.92 Å². The maximum Gasteiger partial charge on any atom is 0.0608 e. The summed E-state index contributed by atoms with van der Waals surface area (Å²) < 4.78 is 0. The number of aryl methyl sites for hydroxylation is 1. The van der Waals surface area contributed by atoms with Crippen molar-refractivity contribution in [1.82, 2.24) is 0 Å². The molecule has 0 saturated heterocycles. The lowest BCUT2D eigenvalue weighted by molar-refractivity contribution is 0.163. The van der Waals surface area contributed by atoms with Crippen LogP contribution in [0.15, 0.2) is 24.3 Å². The van der Waals surface area contributed by atoms with Gasteiger partial charge in [0.15, 0.2) is 0 Å². The molecule has 0 amide bonds. The van der Waals surface area contributed by atoms with Crippen LogP contribution >= 0.6 is 0 Å². The van der Waals surface area contributed by atoms with Crippen molar-refractivity contribution in [3.05, 3.63) is 35.4 Å². The zero-order valence-electron chi connectivity index (χ0n) is 8.74. The number of aliphatic hydroxyl groups is 1. The maximum atomic E-state index is 9.86. The summed E-state index contributed by atoms with van der Waals surface area (Å²) in [6, 6.07) is 8.53. The molecular formula is C13H18O. The zero-order valence-corrected chi connectivity index (χ0v) is 8.74. The van der Waals surface area contributed by atoms with Gasteiger partial charge in [0.05, 0.1) is 6.10 Å². The third-order valence-corrected chi connectivity index (χ3v) is 3.31. The fraction of sp³-hybridized carbons (Fsp3) is 0.538. The Hall–Kier alpha value is -0.820. The Balaban J connectivity index is 2.30. The first-order valence-electron chi connectivity index (χ1n) is 5.58. The van der Waals surface area contributed by atoms with Gasteiger partial charge in [-0.2, -0.15) is 0 Å². The van der Waals surface area contributed by atoms with Crippen LogP contribution < -0.4 is 0 Å². The van der Waals surface area contributed by atoms with Gasteiger partial charge in [0.25, 0.3) is 0 Å². The highest BCUT2D eigenvalue weighted by atomic mass is 16.3. The summed E-state index contributed by atoms with van der Waals surface area (Å²) in [4.78, 5) is 0. The van der Waals surface area contributed by atoms with Gasteiger partial charge in [0.2, 0.25) is 0 Å². The number of rotatable bonds is 2. The van der Waals surface area contributed by atoms with E-state index in [-0.39, 0.29) is 6.10 Å². The van der Waals surface area contributed by atoms with E-state index < -0.39 is 0 Å². The fourth-order valence-corrected chi connectivity index (χ4v) is 2.52. The van der Waals surface area contributed by atoms with Gasteiger partial charge < -0.3 is 5.11 Å². The van der Waals surface area contributed by atoms with E-state index in [1.165, 1.54) is 17.5 Å². The molecular weight excluding hydrogens is 172 g/mol. The van der Waals surface area contributed by atoms with Crippen molar-refractivity contribution in [2.45, 2.75) is 44.6 Å². The van der Waals surface area contributed by atoms with Crippen molar-refractivity contribution in [2.75, 3.05) is 0 Å². The second kappa shape index (κ2) is 4.14. The molecule has 2 rings (SSSR count). The molecule has 0 radical (unpaired) electrons. The summed E-state index contributed by atoms with van der Waals surface area (Å²) in [6.07, 6.45) is 4.26. The summed E-state index contributed by atoms with van der Waals surface area (Å²) in [5.74, 6) is 0.395. The third-order valence-electron chi connectivity index (χ3n) is 3.31. The molecule has 1 saturated carbocycles. The highest BCUT2D eigenvalue weighted by Gasteiger charge is 2.27. The summed E-state index contributed by atoms with van der Waals surface area (Å²) in [7, 11) is 0. The van der Waals surface area contributed by atoms with Crippen molar-refractivity contribution in [2.24, 2.45) is 0 Å². The van der Waals surface area contributed by atoms with E-state index in [1.54, 1.807) is 0 Å². The molecule has 1 aromatic carbocycles. The van der Waals surface area contributed by atoms with Gasteiger partial charge in [0, 0.05) is 5.92 Å². The fourth-order valence-electron chi connectivity index (χ4n) is 2.52. The van der Waals surface area contributed by atoms with E-state index in [1.807, 2.05) is 0 Å². The summed E-state index contributed by atoms with van der Waals surface area (Å²) in [6.45, 7) is 2.18. The molecule has 1 unspecified atom stereocenters. The molecule has 0 aliphatic heterocycles. The normalized spacial score (nSPS) is 26.7. The van der Waals surface area contributed by atoms with Gasteiger partial charge in [0.1, 0.15) is 0 Å². The van der Waals surface area contributed by atoms with E-state index in [0.717, 1.165) is 19.3 Å². The van der Waals surface area contributed by atoms with E-state index >= 15 is 0 Å². The first kappa shape index (κ1) is 9.72. The minimum absolute atomic E-state index is 0.109. The van der Waals surface area contributed by atoms with Crippen LogP contribution in [0.4, 0.5) is 0 Å². The van der Waals surface area contributed by atoms with Crippen LogP contribution in [0, 0.1) is 0 Å².